The molecule has 0 saturated carbocycles. The molecule has 0 amide bonds. The number of carboxylic acids is 1. The predicted molar refractivity (Wildman–Crippen MR) is 29.2 cm³/mol. The minimum Gasteiger partial charge on any atom is -0.478 e. The number of hydrogen-bond acceptors (Lipinski definition) is 3. The molecule has 0 bridgehead atoms. The van der Waals surface area contributed by atoms with Gasteiger partial charge in [-0.1, -0.05) is 0 Å². The molecule has 0 aromatic rings. The predicted octanol–water partition coefficient (Wildman–Crippen LogP) is 0.222. The third kappa shape index (κ3) is 0.871. The molecule has 1 aliphatic rings. The van der Waals surface area contributed by atoms with Crippen LogP contribution in [0.4, 0.5) is 4.39 Å². The van der Waals surface area contributed by atoms with Crippen molar-refractivity contribution in [3.8, 4) is 0 Å². The Morgan fingerprint density at radius 3 is 2.50 bits per heavy atom. The van der Waals surface area contributed by atoms with Crippen molar-refractivity contribution in [3.05, 3.63) is 0 Å². The van der Waals surface area contributed by atoms with Crippen LogP contribution in [-0.4, -0.2) is 33.7 Å². The Morgan fingerprint density at radius 1 is 1.70 bits per heavy atom. The second-order valence-corrected chi connectivity index (χ2v) is 2.29. The summed E-state index contributed by atoms with van der Waals surface area (Å²) in [5, 5.41) is 17.2. The zero-order valence-corrected chi connectivity index (χ0v) is 5.25. The summed E-state index contributed by atoms with van der Waals surface area (Å²) in [5.41, 5.74) is 0. The van der Waals surface area contributed by atoms with Crippen molar-refractivity contribution < 1.29 is 19.5 Å². The fraction of sp³-hybridized carbons (Fsp3) is 0.800. The lowest BCUT2D eigenvalue weighted by Crippen LogP contribution is -2.44. The zero-order valence-electron chi connectivity index (χ0n) is 5.25. The first-order valence-electron chi connectivity index (χ1n) is 2.96. The maximum absolute atomic E-state index is 12.9. The standard InChI is InChI=1S/C5H8FNO3/c6-5(4(8)9)2-1-3-7(5)10/h10H,1-3H2,(H,8,9)/t5-/m0/s1. The average Bonchev–Trinajstić information content (AvgIpc) is 2.15. The fourth-order valence-electron chi connectivity index (χ4n) is 0.987. The summed E-state index contributed by atoms with van der Waals surface area (Å²) >= 11 is 0. The average molecular weight is 149 g/mol. The maximum Gasteiger partial charge on any atom is 0.359 e. The fourth-order valence-corrected chi connectivity index (χ4v) is 0.987. The van der Waals surface area contributed by atoms with Crippen molar-refractivity contribution >= 4 is 5.97 Å². The summed E-state index contributed by atoms with van der Waals surface area (Å²) in [6.45, 7) is 0.0861. The van der Waals surface area contributed by atoms with Crippen LogP contribution >= 0.6 is 0 Å². The van der Waals surface area contributed by atoms with Crippen LogP contribution in [0.3, 0.4) is 0 Å². The number of halogens is 1. The lowest BCUT2D eigenvalue weighted by atomic mass is 10.2. The van der Waals surface area contributed by atoms with Gasteiger partial charge in [-0.25, -0.2) is 9.18 Å². The van der Waals surface area contributed by atoms with Crippen LogP contribution < -0.4 is 0 Å². The Bertz CT molecular complexity index is 163. The van der Waals surface area contributed by atoms with Crippen molar-refractivity contribution in [1.29, 1.82) is 0 Å². The molecular weight excluding hydrogens is 141 g/mol. The van der Waals surface area contributed by atoms with Crippen molar-refractivity contribution in [3.63, 3.8) is 0 Å². The Labute approximate surface area is 56.8 Å². The zero-order chi connectivity index (χ0) is 7.78. The number of carboxylic acid groups (broad SMARTS) is 1. The monoisotopic (exact) mass is 149 g/mol. The minimum absolute atomic E-state index is 0.0861. The largest absolute Gasteiger partial charge is 0.478 e. The molecule has 1 aliphatic heterocycles. The number of aliphatic carboxylic acids is 1. The van der Waals surface area contributed by atoms with Gasteiger partial charge < -0.3 is 10.3 Å². The summed E-state index contributed by atoms with van der Waals surface area (Å²) < 4.78 is 12.9. The highest BCUT2D eigenvalue weighted by atomic mass is 19.1. The molecule has 4 nitrogen and oxygen atoms in total. The second kappa shape index (κ2) is 2.17. The third-order valence-electron chi connectivity index (χ3n) is 1.61. The van der Waals surface area contributed by atoms with Crippen LogP contribution in [0, 0.1) is 0 Å². The van der Waals surface area contributed by atoms with Gasteiger partial charge in [-0.15, -0.1) is 5.06 Å². The molecule has 1 fully saturated rings. The highest BCUT2D eigenvalue weighted by Crippen LogP contribution is 2.28. The second-order valence-electron chi connectivity index (χ2n) is 2.29. The molecular formula is C5H8FNO3. The first kappa shape index (κ1) is 7.43. The van der Waals surface area contributed by atoms with Crippen molar-refractivity contribution in [2.24, 2.45) is 0 Å². The molecule has 0 unspecified atom stereocenters. The molecule has 0 spiro atoms. The highest BCUT2D eigenvalue weighted by Gasteiger charge is 2.48. The van der Waals surface area contributed by atoms with Crippen LogP contribution in [0.2, 0.25) is 0 Å². The Kier molecular flexibility index (Phi) is 1.61. The van der Waals surface area contributed by atoms with Gasteiger partial charge in [-0.05, 0) is 6.42 Å². The molecule has 1 rings (SSSR count). The Morgan fingerprint density at radius 2 is 2.30 bits per heavy atom. The highest BCUT2D eigenvalue weighted by molar-refractivity contribution is 5.76. The van der Waals surface area contributed by atoms with Crippen molar-refractivity contribution in [2.75, 3.05) is 6.54 Å². The molecule has 1 saturated heterocycles. The van der Waals surface area contributed by atoms with E-state index in [-0.39, 0.29) is 18.0 Å². The van der Waals surface area contributed by atoms with Crippen molar-refractivity contribution in [1.82, 2.24) is 5.06 Å². The molecule has 0 aliphatic carbocycles. The molecule has 5 heteroatoms. The van der Waals surface area contributed by atoms with E-state index in [0.717, 1.165) is 0 Å². The number of hydrogen-bond donors (Lipinski definition) is 2. The van der Waals surface area contributed by atoms with Gasteiger partial charge in [0.1, 0.15) is 0 Å². The molecule has 1 atom stereocenters. The van der Waals surface area contributed by atoms with E-state index in [1.165, 1.54) is 0 Å². The van der Waals surface area contributed by atoms with E-state index in [2.05, 4.69) is 0 Å². The number of carbonyl (C=O) groups is 1. The van der Waals surface area contributed by atoms with E-state index in [9.17, 15) is 9.18 Å². The van der Waals surface area contributed by atoms with Crippen molar-refractivity contribution in [2.45, 2.75) is 18.6 Å². The van der Waals surface area contributed by atoms with Crippen LogP contribution in [0.1, 0.15) is 12.8 Å². The first-order valence-corrected chi connectivity index (χ1v) is 2.96. The van der Waals surface area contributed by atoms with Gasteiger partial charge in [0.05, 0.1) is 0 Å². The van der Waals surface area contributed by atoms with Gasteiger partial charge in [0.15, 0.2) is 0 Å². The molecule has 10 heavy (non-hydrogen) atoms. The summed E-state index contributed by atoms with van der Waals surface area (Å²) in [7, 11) is 0. The smallest absolute Gasteiger partial charge is 0.359 e. The Hall–Kier alpha value is -0.680. The number of hydroxylamine groups is 2. The number of alkyl halides is 1. The van der Waals surface area contributed by atoms with E-state index in [1.807, 2.05) is 0 Å². The van der Waals surface area contributed by atoms with Crippen LogP contribution in [0.25, 0.3) is 0 Å². The van der Waals surface area contributed by atoms with E-state index < -0.39 is 11.8 Å². The molecule has 0 aromatic heterocycles. The molecule has 0 aromatic carbocycles. The van der Waals surface area contributed by atoms with Crippen LogP contribution in [0.15, 0.2) is 0 Å². The van der Waals surface area contributed by atoms with E-state index in [1.54, 1.807) is 0 Å². The van der Waals surface area contributed by atoms with E-state index in [4.69, 9.17) is 10.3 Å². The van der Waals surface area contributed by atoms with Gasteiger partial charge in [0, 0.05) is 13.0 Å². The SMILES string of the molecule is O=C(O)[C@]1(F)CCCN1O. The summed E-state index contributed by atoms with van der Waals surface area (Å²) in [6.07, 6.45) is 0.234. The first-order chi connectivity index (χ1) is 4.57. The van der Waals surface area contributed by atoms with Crippen LogP contribution in [-0.2, 0) is 4.79 Å². The quantitative estimate of drug-likeness (QED) is 0.523. The normalized spacial score (nSPS) is 34.6. The van der Waals surface area contributed by atoms with Crippen LogP contribution in [0.5, 0.6) is 0 Å². The molecule has 1 heterocycles. The molecule has 58 valence electrons. The molecule has 2 N–H and O–H groups in total. The lowest BCUT2D eigenvalue weighted by Gasteiger charge is -2.19. The third-order valence-corrected chi connectivity index (χ3v) is 1.61. The Balaban J connectivity index is 2.75. The lowest BCUT2D eigenvalue weighted by molar-refractivity contribution is -0.217. The van der Waals surface area contributed by atoms with Gasteiger partial charge in [0.25, 0.3) is 5.79 Å². The maximum atomic E-state index is 12.9. The summed E-state index contributed by atoms with van der Waals surface area (Å²) in [6, 6.07) is 0. The minimum atomic E-state index is -2.54. The van der Waals surface area contributed by atoms with Gasteiger partial charge in [-0.2, -0.15) is 0 Å². The van der Waals surface area contributed by atoms with Gasteiger partial charge in [-0.3, -0.25) is 0 Å². The topological polar surface area (TPSA) is 60.8 Å². The number of nitrogens with zero attached hydrogens (tertiary/aromatic N) is 1. The van der Waals surface area contributed by atoms with Gasteiger partial charge in [0.2, 0.25) is 0 Å². The number of rotatable bonds is 1. The van der Waals surface area contributed by atoms with E-state index >= 15 is 0 Å². The summed E-state index contributed by atoms with van der Waals surface area (Å²) in [4.78, 5) is 10.2. The molecule has 0 radical (unpaired) electrons. The van der Waals surface area contributed by atoms with Gasteiger partial charge >= 0.3 is 5.97 Å². The summed E-state index contributed by atoms with van der Waals surface area (Å²) in [5.74, 6) is -4.16. The van der Waals surface area contributed by atoms with E-state index in [0.29, 0.717) is 6.42 Å².